The number of rotatable bonds is 4. The van der Waals surface area contributed by atoms with Crippen molar-refractivity contribution in [2.75, 3.05) is 0 Å². The summed E-state index contributed by atoms with van der Waals surface area (Å²) in [5.74, 6) is 1.01. The summed E-state index contributed by atoms with van der Waals surface area (Å²) in [6.45, 7) is 0. The van der Waals surface area contributed by atoms with Crippen LogP contribution in [0.3, 0.4) is 0 Å². The molecule has 0 aromatic heterocycles. The molecule has 0 radical (unpaired) electrons. The van der Waals surface area contributed by atoms with Crippen molar-refractivity contribution in [2.45, 2.75) is 12.0 Å². The zero-order chi connectivity index (χ0) is 27.8. The fourth-order valence-electron chi connectivity index (χ4n) is 6.01. The Kier molecular flexibility index (Phi) is 6.05. The van der Waals surface area contributed by atoms with E-state index < -0.39 is 0 Å². The molecule has 0 amide bonds. The van der Waals surface area contributed by atoms with Crippen LogP contribution in [0.4, 0.5) is 0 Å². The van der Waals surface area contributed by atoms with Gasteiger partial charge < -0.3 is 4.74 Å². The predicted octanol–water partition coefficient (Wildman–Crippen LogP) is 8.93. The molecule has 2 atom stereocenters. The molecule has 192 valence electrons. The number of nitriles is 2. The van der Waals surface area contributed by atoms with Gasteiger partial charge in [-0.1, -0.05) is 109 Å². The largest absolute Gasteiger partial charge is 0.484 e. The quantitative estimate of drug-likeness (QED) is 0.236. The van der Waals surface area contributed by atoms with E-state index in [4.69, 9.17) is 4.74 Å². The van der Waals surface area contributed by atoms with E-state index in [-0.39, 0.29) is 12.0 Å². The van der Waals surface area contributed by atoms with E-state index >= 15 is 0 Å². The lowest BCUT2D eigenvalue weighted by molar-refractivity contribution is 0.279. The Morgan fingerprint density at radius 3 is 1.68 bits per heavy atom. The summed E-state index contributed by atoms with van der Waals surface area (Å²) in [7, 11) is 0. The normalized spacial score (nSPS) is 16.5. The van der Waals surface area contributed by atoms with Crippen LogP contribution in [0, 0.1) is 22.7 Å². The Morgan fingerprint density at radius 2 is 1.07 bits per heavy atom. The zero-order valence-corrected chi connectivity index (χ0v) is 22.2. The molecule has 5 aromatic rings. The molecule has 3 heteroatoms. The van der Waals surface area contributed by atoms with Gasteiger partial charge in [0.1, 0.15) is 11.9 Å². The highest BCUT2D eigenvalue weighted by Crippen LogP contribution is 2.51. The molecule has 7 rings (SSSR count). The number of benzene rings is 5. The van der Waals surface area contributed by atoms with Crippen molar-refractivity contribution in [3.05, 3.63) is 156 Å². The Hall–Kier alpha value is -5.64. The maximum atomic E-state index is 9.26. The number of fused-ring (bicyclic) bond motifs is 3. The van der Waals surface area contributed by atoms with E-state index in [2.05, 4.69) is 91.0 Å². The van der Waals surface area contributed by atoms with Gasteiger partial charge in [-0.15, -0.1) is 0 Å². The van der Waals surface area contributed by atoms with E-state index in [0.717, 1.165) is 50.3 Å². The van der Waals surface area contributed by atoms with E-state index in [1.165, 1.54) is 5.56 Å². The smallest absolute Gasteiger partial charge is 0.135 e. The number of nitrogens with zero attached hydrogens (tertiary/aromatic N) is 2. The molecule has 2 unspecified atom stereocenters. The first-order valence-corrected chi connectivity index (χ1v) is 13.6. The molecule has 5 aromatic carbocycles. The standard InChI is InChI=1S/C38H24N2O/c39-23-25-15-19-27(20-16-25)29-7-1-3-9-31(29)33-11-5-13-35-36-14-6-12-34(38(36)41-37(33)35)32-10-4-2-8-30(32)28-21-17-26(24-40)18-22-28/h1-22,35,37H. The molecule has 0 spiro atoms. The van der Waals surface area contributed by atoms with Crippen LogP contribution in [0.2, 0.25) is 0 Å². The lowest BCUT2D eigenvalue weighted by atomic mass is 9.81. The molecule has 0 bridgehead atoms. The van der Waals surface area contributed by atoms with Gasteiger partial charge in [0.25, 0.3) is 0 Å². The summed E-state index contributed by atoms with van der Waals surface area (Å²) in [6, 6.07) is 43.1. The number of hydrogen-bond donors (Lipinski definition) is 0. The lowest BCUT2D eigenvalue weighted by Crippen LogP contribution is -2.21. The summed E-state index contributed by atoms with van der Waals surface area (Å²) < 4.78 is 6.91. The minimum atomic E-state index is -0.155. The van der Waals surface area contributed by atoms with E-state index in [1.807, 2.05) is 54.6 Å². The third-order valence-corrected chi connectivity index (χ3v) is 7.98. The highest BCUT2D eigenvalue weighted by atomic mass is 16.5. The molecule has 0 saturated heterocycles. The second kappa shape index (κ2) is 10.2. The Labute approximate surface area is 239 Å². The molecule has 1 aliphatic heterocycles. The molecule has 0 fully saturated rings. The van der Waals surface area contributed by atoms with Gasteiger partial charge in [0.05, 0.1) is 23.3 Å². The summed E-state index contributed by atoms with van der Waals surface area (Å²) in [6.07, 6.45) is 6.39. The Morgan fingerprint density at radius 1 is 0.537 bits per heavy atom. The van der Waals surface area contributed by atoms with Crippen LogP contribution in [-0.2, 0) is 0 Å². The van der Waals surface area contributed by atoms with Crippen LogP contribution in [0.25, 0.3) is 39.0 Å². The summed E-state index contributed by atoms with van der Waals surface area (Å²) in [5, 5.41) is 18.5. The average molecular weight is 525 g/mol. The summed E-state index contributed by atoms with van der Waals surface area (Å²) >= 11 is 0. The summed E-state index contributed by atoms with van der Waals surface area (Å²) in [5.41, 5.74) is 11.2. The average Bonchev–Trinajstić information content (AvgIpc) is 3.44. The monoisotopic (exact) mass is 524 g/mol. The second-order valence-electron chi connectivity index (χ2n) is 10.3. The van der Waals surface area contributed by atoms with Crippen molar-refractivity contribution in [1.29, 1.82) is 10.5 Å². The van der Waals surface area contributed by atoms with E-state index in [9.17, 15) is 10.5 Å². The maximum Gasteiger partial charge on any atom is 0.135 e. The number of hydrogen-bond acceptors (Lipinski definition) is 3. The highest BCUT2D eigenvalue weighted by Gasteiger charge is 2.39. The molecule has 2 aliphatic rings. The van der Waals surface area contributed by atoms with Crippen molar-refractivity contribution < 1.29 is 4.74 Å². The van der Waals surface area contributed by atoms with Crippen LogP contribution in [0.5, 0.6) is 5.75 Å². The summed E-state index contributed by atoms with van der Waals surface area (Å²) in [4.78, 5) is 0. The van der Waals surface area contributed by atoms with Crippen LogP contribution in [0.1, 0.15) is 28.2 Å². The van der Waals surface area contributed by atoms with Crippen LogP contribution in [0.15, 0.2) is 133 Å². The first kappa shape index (κ1) is 24.4. The van der Waals surface area contributed by atoms with Crippen molar-refractivity contribution in [2.24, 2.45) is 0 Å². The Balaban J connectivity index is 1.30. The van der Waals surface area contributed by atoms with Gasteiger partial charge in [-0.05, 0) is 57.6 Å². The topological polar surface area (TPSA) is 56.8 Å². The van der Waals surface area contributed by atoms with Crippen molar-refractivity contribution in [3.8, 4) is 51.3 Å². The molecule has 0 saturated carbocycles. The van der Waals surface area contributed by atoms with Crippen LogP contribution >= 0.6 is 0 Å². The molecule has 3 nitrogen and oxygen atoms in total. The Bertz CT molecular complexity index is 1930. The molecule has 0 N–H and O–H groups in total. The first-order valence-electron chi connectivity index (χ1n) is 13.6. The third-order valence-electron chi connectivity index (χ3n) is 7.98. The number of ether oxygens (including phenoxy) is 1. The number of allylic oxidation sites excluding steroid dienone is 2. The van der Waals surface area contributed by atoms with Gasteiger partial charge in [-0.25, -0.2) is 0 Å². The third kappa shape index (κ3) is 4.22. The molecule has 41 heavy (non-hydrogen) atoms. The molecule has 1 heterocycles. The van der Waals surface area contributed by atoms with Gasteiger partial charge in [0, 0.05) is 22.6 Å². The zero-order valence-electron chi connectivity index (χ0n) is 22.2. The van der Waals surface area contributed by atoms with Crippen LogP contribution in [-0.4, -0.2) is 6.10 Å². The minimum Gasteiger partial charge on any atom is -0.484 e. The predicted molar refractivity (Wildman–Crippen MR) is 163 cm³/mol. The fraction of sp³-hybridized carbons (Fsp3) is 0.0526. The minimum absolute atomic E-state index is 0.0982. The van der Waals surface area contributed by atoms with Crippen molar-refractivity contribution in [1.82, 2.24) is 0 Å². The lowest BCUT2D eigenvalue weighted by Gasteiger charge is -2.25. The maximum absolute atomic E-state index is 9.26. The van der Waals surface area contributed by atoms with Crippen molar-refractivity contribution in [3.63, 3.8) is 0 Å². The first-order chi connectivity index (χ1) is 20.2. The fourth-order valence-corrected chi connectivity index (χ4v) is 6.01. The van der Waals surface area contributed by atoms with Gasteiger partial charge in [-0.3, -0.25) is 0 Å². The molecular formula is C38H24N2O. The molecular weight excluding hydrogens is 500 g/mol. The van der Waals surface area contributed by atoms with Gasteiger partial charge >= 0.3 is 0 Å². The van der Waals surface area contributed by atoms with E-state index in [0.29, 0.717) is 11.1 Å². The van der Waals surface area contributed by atoms with Crippen LogP contribution < -0.4 is 4.74 Å². The SMILES string of the molecule is N#Cc1ccc(-c2ccccc2C2=CC=CC3c4cccc(-c5ccccc5-c5ccc(C#N)cc5)c4OC23)cc1. The molecule has 1 aliphatic carbocycles. The number of para-hydroxylation sites is 1. The van der Waals surface area contributed by atoms with Gasteiger partial charge in [0.2, 0.25) is 0 Å². The second-order valence-corrected chi connectivity index (χ2v) is 10.3. The van der Waals surface area contributed by atoms with Crippen molar-refractivity contribution >= 4 is 5.57 Å². The highest BCUT2D eigenvalue weighted by molar-refractivity contribution is 5.90. The van der Waals surface area contributed by atoms with Gasteiger partial charge in [-0.2, -0.15) is 10.5 Å². The van der Waals surface area contributed by atoms with Gasteiger partial charge in [0.15, 0.2) is 0 Å². The van der Waals surface area contributed by atoms with E-state index in [1.54, 1.807) is 0 Å².